The molecule has 2 N–H and O–H groups in total. The summed E-state index contributed by atoms with van der Waals surface area (Å²) in [6.07, 6.45) is -4.04. The molecule has 0 saturated carbocycles. The van der Waals surface area contributed by atoms with Gasteiger partial charge in [-0.05, 0) is 25.0 Å². The molecule has 0 amide bonds. The number of pyridine rings is 1. The van der Waals surface area contributed by atoms with Crippen LogP contribution in [0.25, 0.3) is 0 Å². The molecule has 0 aliphatic rings. The van der Waals surface area contributed by atoms with Gasteiger partial charge in [-0.25, -0.2) is 4.98 Å². The zero-order valence-corrected chi connectivity index (χ0v) is 11.1. The number of alkyl halides is 3. The average molecular weight is 292 g/mol. The predicted octanol–water partition coefficient (Wildman–Crippen LogP) is 1.85. The molecule has 0 radical (unpaired) electrons. The molecule has 0 spiro atoms. The van der Waals surface area contributed by atoms with E-state index in [4.69, 9.17) is 10.5 Å². The van der Waals surface area contributed by atoms with E-state index in [0.717, 1.165) is 0 Å². The molecule has 1 rings (SSSR count). The van der Waals surface area contributed by atoms with Crippen molar-refractivity contribution in [2.24, 2.45) is 5.73 Å². The van der Waals surface area contributed by atoms with Crippen molar-refractivity contribution in [3.05, 3.63) is 22.9 Å². The van der Waals surface area contributed by atoms with Crippen LogP contribution >= 0.6 is 0 Å². The molecule has 1 heterocycles. The van der Waals surface area contributed by atoms with E-state index in [1.807, 2.05) is 0 Å². The summed E-state index contributed by atoms with van der Waals surface area (Å²) in [4.78, 5) is 15.0. The van der Waals surface area contributed by atoms with Crippen LogP contribution in [0.4, 0.5) is 13.2 Å². The molecule has 0 atom stereocenters. The third-order valence-electron chi connectivity index (χ3n) is 2.59. The standard InChI is InChI=1S/C12H15F3N2O3/c1-3-19-10(18)4-9-7(2)8(5-16)6-17-11(9)20-12(13,14)15/h6H,3-5,16H2,1-2H3. The van der Waals surface area contributed by atoms with Crippen molar-refractivity contribution < 1.29 is 27.4 Å². The van der Waals surface area contributed by atoms with Crippen LogP contribution in [0.15, 0.2) is 6.20 Å². The van der Waals surface area contributed by atoms with Gasteiger partial charge in [-0.15, -0.1) is 13.2 Å². The van der Waals surface area contributed by atoms with Crippen molar-refractivity contribution in [2.45, 2.75) is 33.2 Å². The summed E-state index contributed by atoms with van der Waals surface area (Å²) >= 11 is 0. The summed E-state index contributed by atoms with van der Waals surface area (Å²) in [6, 6.07) is 0. The first-order valence-electron chi connectivity index (χ1n) is 5.87. The highest BCUT2D eigenvalue weighted by atomic mass is 19.4. The van der Waals surface area contributed by atoms with E-state index in [2.05, 4.69) is 9.72 Å². The first kappa shape index (κ1) is 16.2. The van der Waals surface area contributed by atoms with Gasteiger partial charge in [-0.2, -0.15) is 0 Å². The molecule has 8 heteroatoms. The monoisotopic (exact) mass is 292 g/mol. The molecular weight excluding hydrogens is 277 g/mol. The van der Waals surface area contributed by atoms with Crippen molar-refractivity contribution in [3.63, 3.8) is 0 Å². The number of rotatable bonds is 5. The fourth-order valence-electron chi connectivity index (χ4n) is 1.63. The highest BCUT2D eigenvalue weighted by Gasteiger charge is 2.33. The zero-order valence-electron chi connectivity index (χ0n) is 11.1. The Hall–Kier alpha value is -1.83. The van der Waals surface area contributed by atoms with E-state index in [0.29, 0.717) is 11.1 Å². The van der Waals surface area contributed by atoms with Crippen LogP contribution in [0.2, 0.25) is 0 Å². The van der Waals surface area contributed by atoms with Crippen LogP contribution in [-0.4, -0.2) is 23.9 Å². The summed E-state index contributed by atoms with van der Waals surface area (Å²) in [5, 5.41) is 0. The average Bonchev–Trinajstić information content (AvgIpc) is 2.32. The lowest BCUT2D eigenvalue weighted by Crippen LogP contribution is -2.21. The minimum atomic E-state index is -4.88. The second-order valence-corrected chi connectivity index (χ2v) is 3.93. The number of carbonyl (C=O) groups is 1. The fraction of sp³-hybridized carbons (Fsp3) is 0.500. The second-order valence-electron chi connectivity index (χ2n) is 3.93. The number of halogens is 3. The number of ether oxygens (including phenoxy) is 2. The molecule has 0 aliphatic carbocycles. The summed E-state index contributed by atoms with van der Waals surface area (Å²) in [7, 11) is 0. The van der Waals surface area contributed by atoms with Crippen LogP contribution in [0, 0.1) is 6.92 Å². The Bertz CT molecular complexity index is 490. The minimum absolute atomic E-state index is 0.0312. The zero-order chi connectivity index (χ0) is 15.3. The normalized spacial score (nSPS) is 11.3. The van der Waals surface area contributed by atoms with Crippen LogP contribution in [-0.2, 0) is 22.5 Å². The lowest BCUT2D eigenvalue weighted by molar-refractivity contribution is -0.276. The Morgan fingerprint density at radius 1 is 1.45 bits per heavy atom. The lowest BCUT2D eigenvalue weighted by atomic mass is 10.0. The number of hydrogen-bond donors (Lipinski definition) is 1. The molecule has 5 nitrogen and oxygen atoms in total. The third kappa shape index (κ3) is 4.37. The number of hydrogen-bond acceptors (Lipinski definition) is 5. The van der Waals surface area contributed by atoms with Crippen molar-refractivity contribution in [1.82, 2.24) is 4.98 Å². The molecular formula is C12H15F3N2O3. The third-order valence-corrected chi connectivity index (χ3v) is 2.59. The summed E-state index contributed by atoms with van der Waals surface area (Å²) in [6.45, 7) is 3.40. The molecule has 1 aromatic rings. The number of aromatic nitrogens is 1. The molecule has 112 valence electrons. The first-order chi connectivity index (χ1) is 9.28. The number of nitrogens with two attached hydrogens (primary N) is 1. The number of esters is 1. The molecule has 0 unspecified atom stereocenters. The molecule has 0 aliphatic heterocycles. The Kier molecular flexibility index (Phi) is 5.32. The Morgan fingerprint density at radius 2 is 2.10 bits per heavy atom. The van der Waals surface area contributed by atoms with E-state index < -0.39 is 18.2 Å². The van der Waals surface area contributed by atoms with E-state index in [9.17, 15) is 18.0 Å². The van der Waals surface area contributed by atoms with Crippen molar-refractivity contribution in [2.75, 3.05) is 6.61 Å². The topological polar surface area (TPSA) is 74.4 Å². The maximum absolute atomic E-state index is 12.3. The minimum Gasteiger partial charge on any atom is -0.466 e. The van der Waals surface area contributed by atoms with Gasteiger partial charge in [-0.1, -0.05) is 0 Å². The quantitative estimate of drug-likeness (QED) is 0.838. The SMILES string of the molecule is CCOC(=O)Cc1c(OC(F)(F)F)ncc(CN)c1C. The predicted molar refractivity (Wildman–Crippen MR) is 63.9 cm³/mol. The number of carbonyl (C=O) groups excluding carboxylic acids is 1. The van der Waals surface area contributed by atoms with E-state index in [1.54, 1.807) is 13.8 Å². The molecule has 20 heavy (non-hydrogen) atoms. The molecule has 0 fully saturated rings. The van der Waals surface area contributed by atoms with Crippen molar-refractivity contribution in [3.8, 4) is 5.88 Å². The Balaban J connectivity index is 3.16. The second kappa shape index (κ2) is 6.56. The largest absolute Gasteiger partial charge is 0.574 e. The number of nitrogens with zero attached hydrogens (tertiary/aromatic N) is 1. The molecule has 1 aromatic heterocycles. The van der Waals surface area contributed by atoms with Gasteiger partial charge in [0, 0.05) is 18.3 Å². The van der Waals surface area contributed by atoms with Gasteiger partial charge in [0.15, 0.2) is 0 Å². The van der Waals surface area contributed by atoms with E-state index in [1.165, 1.54) is 6.20 Å². The van der Waals surface area contributed by atoms with Gasteiger partial charge < -0.3 is 15.2 Å². The van der Waals surface area contributed by atoms with Crippen LogP contribution in [0.5, 0.6) is 5.88 Å². The van der Waals surface area contributed by atoms with Gasteiger partial charge in [0.05, 0.1) is 13.0 Å². The van der Waals surface area contributed by atoms with Gasteiger partial charge in [0.1, 0.15) is 0 Å². The van der Waals surface area contributed by atoms with Crippen LogP contribution in [0.1, 0.15) is 23.6 Å². The highest BCUT2D eigenvalue weighted by Crippen LogP contribution is 2.28. The first-order valence-corrected chi connectivity index (χ1v) is 5.87. The Labute approximate surface area is 113 Å². The van der Waals surface area contributed by atoms with E-state index in [-0.39, 0.29) is 25.1 Å². The maximum Gasteiger partial charge on any atom is 0.574 e. The maximum atomic E-state index is 12.3. The van der Waals surface area contributed by atoms with Gasteiger partial charge in [-0.3, -0.25) is 4.79 Å². The Morgan fingerprint density at radius 3 is 2.60 bits per heavy atom. The van der Waals surface area contributed by atoms with Gasteiger partial charge in [0.2, 0.25) is 5.88 Å². The van der Waals surface area contributed by atoms with Crippen molar-refractivity contribution in [1.29, 1.82) is 0 Å². The van der Waals surface area contributed by atoms with Gasteiger partial charge >= 0.3 is 12.3 Å². The summed E-state index contributed by atoms with van der Waals surface area (Å²) < 4.78 is 45.5. The summed E-state index contributed by atoms with van der Waals surface area (Å²) in [5.41, 5.74) is 6.48. The smallest absolute Gasteiger partial charge is 0.466 e. The van der Waals surface area contributed by atoms with E-state index >= 15 is 0 Å². The molecule has 0 saturated heterocycles. The fourth-order valence-corrected chi connectivity index (χ4v) is 1.63. The summed E-state index contributed by atoms with van der Waals surface area (Å²) in [5.74, 6) is -1.31. The van der Waals surface area contributed by atoms with Crippen LogP contribution < -0.4 is 10.5 Å². The highest BCUT2D eigenvalue weighted by molar-refractivity contribution is 5.74. The molecule has 0 aromatic carbocycles. The van der Waals surface area contributed by atoms with Gasteiger partial charge in [0.25, 0.3) is 0 Å². The van der Waals surface area contributed by atoms with Crippen molar-refractivity contribution >= 4 is 5.97 Å². The molecule has 0 bridgehead atoms. The van der Waals surface area contributed by atoms with Crippen LogP contribution in [0.3, 0.4) is 0 Å². The lowest BCUT2D eigenvalue weighted by Gasteiger charge is -2.15.